The molecular weight excluding hydrogens is 322 g/mol. The van der Waals surface area contributed by atoms with Gasteiger partial charge in [-0.1, -0.05) is 46.6 Å². The molecule has 0 saturated heterocycles. The topological polar surface area (TPSA) is 12.0 Å². The zero-order valence-electron chi connectivity index (χ0n) is 13.5. The third-order valence-corrected chi connectivity index (χ3v) is 4.48. The van der Waals surface area contributed by atoms with E-state index in [0.29, 0.717) is 0 Å². The third-order valence-electron chi connectivity index (χ3n) is 3.99. The van der Waals surface area contributed by atoms with Crippen molar-refractivity contribution in [3.8, 4) is 0 Å². The van der Waals surface area contributed by atoms with Crippen molar-refractivity contribution >= 4 is 15.9 Å². The van der Waals surface area contributed by atoms with Gasteiger partial charge in [0, 0.05) is 4.47 Å². The highest BCUT2D eigenvalue weighted by Gasteiger charge is 2.19. The van der Waals surface area contributed by atoms with E-state index in [1.54, 1.807) is 0 Å². The van der Waals surface area contributed by atoms with Gasteiger partial charge in [0.25, 0.3) is 0 Å². The van der Waals surface area contributed by atoms with Crippen LogP contribution < -0.4 is 5.32 Å². The van der Waals surface area contributed by atoms with Crippen molar-refractivity contribution in [1.82, 2.24) is 5.32 Å². The zero-order valence-corrected chi connectivity index (χ0v) is 15.1. The summed E-state index contributed by atoms with van der Waals surface area (Å²) in [6, 6.07) is 11.3. The summed E-state index contributed by atoms with van der Waals surface area (Å²) in [4.78, 5) is 0. The molecule has 0 fully saturated rings. The molecule has 2 aromatic rings. The Kier molecular flexibility index (Phi) is 5.23. The molecule has 0 radical (unpaired) electrons. The molecule has 0 heterocycles. The minimum Gasteiger partial charge on any atom is -0.307 e. The molecule has 2 aromatic carbocycles. The Labute approximate surface area is 136 Å². The summed E-state index contributed by atoms with van der Waals surface area (Å²) in [5, 5.41) is 3.66. The molecular formula is C19H24BrN. The van der Waals surface area contributed by atoms with Crippen molar-refractivity contribution in [2.24, 2.45) is 0 Å². The van der Waals surface area contributed by atoms with E-state index in [1.807, 2.05) is 0 Å². The molecule has 21 heavy (non-hydrogen) atoms. The fourth-order valence-electron chi connectivity index (χ4n) is 3.14. The molecule has 1 unspecified atom stereocenters. The molecule has 0 saturated carbocycles. The van der Waals surface area contributed by atoms with Crippen LogP contribution in [0.4, 0.5) is 0 Å². The smallest absolute Gasteiger partial charge is 0.0584 e. The minimum atomic E-state index is 0.244. The van der Waals surface area contributed by atoms with Crippen LogP contribution in [0.1, 0.15) is 46.3 Å². The van der Waals surface area contributed by atoms with Crippen LogP contribution in [0.25, 0.3) is 0 Å². The Morgan fingerprint density at radius 2 is 1.57 bits per heavy atom. The molecule has 0 amide bonds. The minimum absolute atomic E-state index is 0.244. The monoisotopic (exact) mass is 345 g/mol. The molecule has 0 aromatic heterocycles. The Balaban J connectivity index is 2.61. The van der Waals surface area contributed by atoms with Crippen LogP contribution in [0.3, 0.4) is 0 Å². The quantitative estimate of drug-likeness (QED) is 0.783. The van der Waals surface area contributed by atoms with E-state index < -0.39 is 0 Å². The highest BCUT2D eigenvalue weighted by Crippen LogP contribution is 2.32. The van der Waals surface area contributed by atoms with Gasteiger partial charge in [-0.3, -0.25) is 0 Å². The van der Waals surface area contributed by atoms with Crippen LogP contribution in [0.5, 0.6) is 0 Å². The highest BCUT2D eigenvalue weighted by atomic mass is 79.9. The van der Waals surface area contributed by atoms with Gasteiger partial charge in [-0.2, -0.15) is 0 Å². The normalized spacial score (nSPS) is 12.5. The third kappa shape index (κ3) is 3.56. The van der Waals surface area contributed by atoms with Gasteiger partial charge in [-0.15, -0.1) is 0 Å². The molecule has 2 heteroatoms. The van der Waals surface area contributed by atoms with Gasteiger partial charge in [0.05, 0.1) is 6.04 Å². The maximum absolute atomic E-state index is 3.66. The molecule has 0 aliphatic carbocycles. The lowest BCUT2D eigenvalue weighted by Crippen LogP contribution is -2.24. The van der Waals surface area contributed by atoms with Crippen LogP contribution in [-0.4, -0.2) is 6.54 Å². The second-order valence-electron chi connectivity index (χ2n) is 5.80. The largest absolute Gasteiger partial charge is 0.307 e. The van der Waals surface area contributed by atoms with Crippen molar-refractivity contribution in [3.63, 3.8) is 0 Å². The number of nitrogens with one attached hydrogen (secondary N) is 1. The number of halogens is 1. The van der Waals surface area contributed by atoms with Gasteiger partial charge in [0.15, 0.2) is 0 Å². The highest BCUT2D eigenvalue weighted by molar-refractivity contribution is 9.10. The average molecular weight is 346 g/mol. The van der Waals surface area contributed by atoms with Crippen LogP contribution >= 0.6 is 15.9 Å². The Morgan fingerprint density at radius 3 is 2.14 bits per heavy atom. The second-order valence-corrected chi connectivity index (χ2v) is 6.72. The van der Waals surface area contributed by atoms with Gasteiger partial charge in [0.2, 0.25) is 0 Å². The first-order valence-corrected chi connectivity index (χ1v) is 8.30. The number of benzene rings is 2. The summed E-state index contributed by atoms with van der Waals surface area (Å²) in [7, 11) is 0. The van der Waals surface area contributed by atoms with Gasteiger partial charge in [-0.25, -0.2) is 0 Å². The molecule has 112 valence electrons. The lowest BCUT2D eigenvalue weighted by molar-refractivity contribution is 0.621. The Bertz CT molecular complexity index is 623. The fraction of sp³-hybridized carbons (Fsp3) is 0.368. The number of aryl methyl sites for hydroxylation is 4. The summed E-state index contributed by atoms with van der Waals surface area (Å²) in [5.41, 5.74) is 8.12. The predicted molar refractivity (Wildman–Crippen MR) is 95.1 cm³/mol. The summed E-state index contributed by atoms with van der Waals surface area (Å²) in [5.74, 6) is 0. The van der Waals surface area contributed by atoms with E-state index in [9.17, 15) is 0 Å². The Morgan fingerprint density at radius 1 is 0.952 bits per heavy atom. The van der Waals surface area contributed by atoms with Crippen molar-refractivity contribution < 1.29 is 0 Å². The van der Waals surface area contributed by atoms with E-state index in [2.05, 4.69) is 86.2 Å². The summed E-state index contributed by atoms with van der Waals surface area (Å²) in [6.45, 7) is 11.9. The maximum Gasteiger partial charge on any atom is 0.0584 e. The lowest BCUT2D eigenvalue weighted by Gasteiger charge is -2.25. The van der Waals surface area contributed by atoms with Crippen molar-refractivity contribution in [1.29, 1.82) is 0 Å². The molecule has 1 N–H and O–H groups in total. The fourth-order valence-corrected chi connectivity index (χ4v) is 3.52. The predicted octanol–water partition coefficient (Wildman–Crippen LogP) is 5.38. The SMILES string of the molecule is CCNC(c1cc(Br)ccc1C)c1c(C)cc(C)cc1C. The average Bonchev–Trinajstić information content (AvgIpc) is 2.39. The second kappa shape index (κ2) is 6.76. The molecule has 0 bridgehead atoms. The number of hydrogen-bond donors (Lipinski definition) is 1. The molecule has 0 spiro atoms. The molecule has 1 atom stereocenters. The first-order valence-electron chi connectivity index (χ1n) is 7.51. The van der Waals surface area contributed by atoms with Gasteiger partial charge in [-0.05, 0) is 74.2 Å². The summed E-state index contributed by atoms with van der Waals surface area (Å²) >= 11 is 3.61. The van der Waals surface area contributed by atoms with Gasteiger partial charge >= 0.3 is 0 Å². The maximum atomic E-state index is 3.66. The van der Waals surface area contributed by atoms with Crippen molar-refractivity contribution in [2.45, 2.75) is 40.7 Å². The van der Waals surface area contributed by atoms with Gasteiger partial charge in [0.1, 0.15) is 0 Å². The Hall–Kier alpha value is -1.12. The van der Waals surface area contributed by atoms with E-state index in [-0.39, 0.29) is 6.04 Å². The number of hydrogen-bond acceptors (Lipinski definition) is 1. The van der Waals surface area contributed by atoms with Crippen LogP contribution in [-0.2, 0) is 0 Å². The first kappa shape index (κ1) is 16.3. The summed E-state index contributed by atoms with van der Waals surface area (Å²) < 4.78 is 1.13. The van der Waals surface area contributed by atoms with E-state index >= 15 is 0 Å². The molecule has 0 aliphatic heterocycles. The molecule has 0 aliphatic rings. The zero-order chi connectivity index (χ0) is 15.6. The number of rotatable bonds is 4. The van der Waals surface area contributed by atoms with E-state index in [1.165, 1.54) is 33.4 Å². The van der Waals surface area contributed by atoms with E-state index in [0.717, 1.165) is 11.0 Å². The van der Waals surface area contributed by atoms with Crippen molar-refractivity contribution in [3.05, 3.63) is 68.2 Å². The first-order chi connectivity index (χ1) is 9.93. The van der Waals surface area contributed by atoms with Crippen LogP contribution in [0.2, 0.25) is 0 Å². The molecule has 1 nitrogen and oxygen atoms in total. The molecule has 2 rings (SSSR count). The van der Waals surface area contributed by atoms with E-state index in [4.69, 9.17) is 0 Å². The standard InChI is InChI=1S/C19H24BrN/c1-6-21-19(17-11-16(20)8-7-13(17)3)18-14(4)9-12(2)10-15(18)5/h7-11,19,21H,6H2,1-5H3. The van der Waals surface area contributed by atoms with Crippen molar-refractivity contribution in [2.75, 3.05) is 6.54 Å². The van der Waals surface area contributed by atoms with Crippen LogP contribution in [0, 0.1) is 27.7 Å². The lowest BCUT2D eigenvalue weighted by atomic mass is 9.88. The van der Waals surface area contributed by atoms with Crippen LogP contribution in [0.15, 0.2) is 34.8 Å². The summed E-state index contributed by atoms with van der Waals surface area (Å²) in [6.07, 6.45) is 0. The van der Waals surface area contributed by atoms with Gasteiger partial charge < -0.3 is 5.32 Å².